The molecule has 1 amide bonds. The third kappa shape index (κ3) is 2.21. The second kappa shape index (κ2) is 3.24. The van der Waals surface area contributed by atoms with Crippen molar-refractivity contribution in [3.63, 3.8) is 0 Å². The van der Waals surface area contributed by atoms with Crippen molar-refractivity contribution in [1.82, 2.24) is 5.32 Å². The summed E-state index contributed by atoms with van der Waals surface area (Å²) in [6.45, 7) is 6.30. The summed E-state index contributed by atoms with van der Waals surface area (Å²) in [7, 11) is 0. The molecule has 0 aliphatic carbocycles. The molecule has 3 atom stereocenters. The van der Waals surface area contributed by atoms with Crippen LogP contribution in [0.1, 0.15) is 33.6 Å². The fourth-order valence-electron chi connectivity index (χ4n) is 1.85. The molecule has 2 heteroatoms. The van der Waals surface area contributed by atoms with Crippen LogP contribution in [0.3, 0.4) is 0 Å². The smallest absolute Gasteiger partial charge is 0.223 e. The molecular weight excluding hydrogens is 138 g/mol. The van der Waals surface area contributed by atoms with Crippen LogP contribution in [0, 0.1) is 11.8 Å². The lowest BCUT2D eigenvalue weighted by Crippen LogP contribution is -2.33. The zero-order chi connectivity index (χ0) is 8.43. The Morgan fingerprint density at radius 3 is 2.55 bits per heavy atom. The molecule has 1 saturated heterocycles. The number of nitrogens with one attached hydrogen (secondary N) is 1. The molecule has 1 aliphatic heterocycles. The van der Waals surface area contributed by atoms with Gasteiger partial charge in [-0.1, -0.05) is 13.8 Å². The van der Waals surface area contributed by atoms with Crippen LogP contribution < -0.4 is 5.32 Å². The second-order valence-corrected chi connectivity index (χ2v) is 3.89. The Morgan fingerprint density at radius 1 is 1.27 bits per heavy atom. The molecular formula is C9H17NO. The van der Waals surface area contributed by atoms with Crippen LogP contribution in [-0.4, -0.2) is 11.9 Å². The third-order valence-electron chi connectivity index (χ3n) is 2.35. The van der Waals surface area contributed by atoms with Gasteiger partial charge in [0.25, 0.3) is 0 Å². The van der Waals surface area contributed by atoms with Gasteiger partial charge in [-0.2, -0.15) is 0 Å². The van der Waals surface area contributed by atoms with E-state index >= 15 is 0 Å². The SMILES string of the molecule is C[C@@H]1C[C@@H](C)NC(=O)[C@@H](C)C1. The first-order valence-electron chi connectivity index (χ1n) is 4.40. The molecule has 0 aromatic carbocycles. The molecule has 1 N–H and O–H groups in total. The van der Waals surface area contributed by atoms with Crippen LogP contribution >= 0.6 is 0 Å². The van der Waals surface area contributed by atoms with E-state index in [0.717, 1.165) is 12.8 Å². The van der Waals surface area contributed by atoms with Crippen LogP contribution in [-0.2, 0) is 4.79 Å². The van der Waals surface area contributed by atoms with Gasteiger partial charge in [0.05, 0.1) is 0 Å². The van der Waals surface area contributed by atoms with E-state index in [1.54, 1.807) is 0 Å². The molecule has 2 nitrogen and oxygen atoms in total. The summed E-state index contributed by atoms with van der Waals surface area (Å²) in [6, 6.07) is 0.363. The quantitative estimate of drug-likeness (QED) is 0.565. The highest BCUT2D eigenvalue weighted by Gasteiger charge is 2.23. The first-order valence-corrected chi connectivity index (χ1v) is 4.40. The lowest BCUT2D eigenvalue weighted by atomic mass is 9.95. The van der Waals surface area contributed by atoms with Crippen LogP contribution in [0.2, 0.25) is 0 Å². The molecule has 0 radical (unpaired) electrons. The van der Waals surface area contributed by atoms with Gasteiger partial charge >= 0.3 is 0 Å². The Morgan fingerprint density at radius 2 is 1.91 bits per heavy atom. The molecule has 0 unspecified atom stereocenters. The van der Waals surface area contributed by atoms with Gasteiger partial charge in [-0.25, -0.2) is 0 Å². The number of hydrogen-bond acceptors (Lipinski definition) is 1. The van der Waals surface area contributed by atoms with E-state index in [1.807, 2.05) is 6.92 Å². The highest BCUT2D eigenvalue weighted by molar-refractivity contribution is 5.78. The summed E-state index contributed by atoms with van der Waals surface area (Å²) in [5.41, 5.74) is 0. The van der Waals surface area contributed by atoms with Gasteiger partial charge in [0.15, 0.2) is 0 Å². The summed E-state index contributed by atoms with van der Waals surface area (Å²) >= 11 is 0. The lowest BCUT2D eigenvalue weighted by molar-refractivity contribution is -0.124. The van der Waals surface area contributed by atoms with E-state index in [-0.39, 0.29) is 11.8 Å². The lowest BCUT2D eigenvalue weighted by Gasteiger charge is -2.11. The minimum atomic E-state index is 0.204. The molecule has 1 heterocycles. The van der Waals surface area contributed by atoms with Crippen molar-refractivity contribution in [3.8, 4) is 0 Å². The predicted octanol–water partition coefficient (Wildman–Crippen LogP) is 1.56. The molecule has 0 aromatic rings. The Labute approximate surface area is 68.4 Å². The molecule has 1 fully saturated rings. The minimum Gasteiger partial charge on any atom is -0.353 e. The van der Waals surface area contributed by atoms with E-state index in [0.29, 0.717) is 12.0 Å². The van der Waals surface area contributed by atoms with Gasteiger partial charge in [0, 0.05) is 12.0 Å². The Kier molecular flexibility index (Phi) is 2.53. The van der Waals surface area contributed by atoms with Crippen molar-refractivity contribution in [2.24, 2.45) is 11.8 Å². The zero-order valence-corrected chi connectivity index (χ0v) is 7.55. The summed E-state index contributed by atoms with van der Waals surface area (Å²) in [6.07, 6.45) is 2.16. The fourth-order valence-corrected chi connectivity index (χ4v) is 1.85. The summed E-state index contributed by atoms with van der Waals surface area (Å²) in [5, 5.41) is 2.98. The fraction of sp³-hybridized carbons (Fsp3) is 0.889. The maximum Gasteiger partial charge on any atom is 0.223 e. The molecule has 11 heavy (non-hydrogen) atoms. The van der Waals surface area contributed by atoms with E-state index in [4.69, 9.17) is 0 Å². The van der Waals surface area contributed by atoms with Crippen LogP contribution in [0.25, 0.3) is 0 Å². The van der Waals surface area contributed by atoms with Crippen LogP contribution in [0.15, 0.2) is 0 Å². The molecule has 0 bridgehead atoms. The maximum atomic E-state index is 11.3. The highest BCUT2D eigenvalue weighted by atomic mass is 16.1. The molecule has 0 spiro atoms. The van der Waals surface area contributed by atoms with Crippen molar-refractivity contribution < 1.29 is 4.79 Å². The Balaban J connectivity index is 2.58. The number of hydrogen-bond donors (Lipinski definition) is 1. The van der Waals surface area contributed by atoms with Crippen LogP contribution in [0.5, 0.6) is 0 Å². The van der Waals surface area contributed by atoms with Gasteiger partial charge in [-0.15, -0.1) is 0 Å². The van der Waals surface area contributed by atoms with Gasteiger partial charge in [-0.3, -0.25) is 4.79 Å². The number of rotatable bonds is 0. The van der Waals surface area contributed by atoms with E-state index in [1.165, 1.54) is 0 Å². The standard InChI is InChI=1S/C9H17NO/c1-6-4-7(2)9(11)10-8(3)5-6/h6-8H,4-5H2,1-3H3,(H,10,11)/t6-,7-,8+/m0/s1. The molecule has 0 aromatic heterocycles. The van der Waals surface area contributed by atoms with E-state index in [2.05, 4.69) is 19.2 Å². The van der Waals surface area contributed by atoms with Crippen molar-refractivity contribution in [1.29, 1.82) is 0 Å². The summed E-state index contributed by atoms with van der Waals surface area (Å²) in [5.74, 6) is 1.11. The topological polar surface area (TPSA) is 29.1 Å². The Hall–Kier alpha value is -0.530. The molecule has 1 rings (SSSR count). The van der Waals surface area contributed by atoms with Crippen molar-refractivity contribution in [2.75, 3.05) is 0 Å². The van der Waals surface area contributed by atoms with Crippen molar-refractivity contribution in [3.05, 3.63) is 0 Å². The molecule has 1 aliphatic rings. The number of amides is 1. The maximum absolute atomic E-state index is 11.3. The zero-order valence-electron chi connectivity index (χ0n) is 7.55. The first kappa shape index (κ1) is 8.57. The average molecular weight is 155 g/mol. The summed E-state index contributed by atoms with van der Waals surface area (Å²) in [4.78, 5) is 11.3. The number of carbonyl (C=O) groups excluding carboxylic acids is 1. The largest absolute Gasteiger partial charge is 0.353 e. The van der Waals surface area contributed by atoms with Gasteiger partial charge in [-0.05, 0) is 25.7 Å². The second-order valence-electron chi connectivity index (χ2n) is 3.89. The molecule has 64 valence electrons. The van der Waals surface area contributed by atoms with E-state index < -0.39 is 0 Å². The number of carbonyl (C=O) groups is 1. The Bertz CT molecular complexity index is 156. The van der Waals surface area contributed by atoms with Crippen molar-refractivity contribution in [2.45, 2.75) is 39.7 Å². The van der Waals surface area contributed by atoms with E-state index in [9.17, 15) is 4.79 Å². The minimum absolute atomic E-state index is 0.204. The predicted molar refractivity (Wildman–Crippen MR) is 45.2 cm³/mol. The van der Waals surface area contributed by atoms with Gasteiger partial charge < -0.3 is 5.32 Å². The highest BCUT2D eigenvalue weighted by Crippen LogP contribution is 2.20. The average Bonchev–Trinajstić information content (AvgIpc) is 1.93. The summed E-state index contributed by atoms with van der Waals surface area (Å²) < 4.78 is 0. The van der Waals surface area contributed by atoms with Gasteiger partial charge in [0.2, 0.25) is 5.91 Å². The third-order valence-corrected chi connectivity index (χ3v) is 2.35. The van der Waals surface area contributed by atoms with Crippen molar-refractivity contribution >= 4 is 5.91 Å². The first-order chi connectivity index (χ1) is 5.09. The normalized spacial score (nSPS) is 39.5. The molecule has 0 saturated carbocycles. The van der Waals surface area contributed by atoms with Crippen LogP contribution in [0.4, 0.5) is 0 Å². The monoisotopic (exact) mass is 155 g/mol. The van der Waals surface area contributed by atoms with Gasteiger partial charge in [0.1, 0.15) is 0 Å².